The van der Waals surface area contributed by atoms with Crippen molar-refractivity contribution in [3.8, 4) is 0 Å². The first-order valence-corrected chi connectivity index (χ1v) is 4.45. The van der Waals surface area contributed by atoms with Gasteiger partial charge in [-0.2, -0.15) is 0 Å². The lowest BCUT2D eigenvalue weighted by Gasteiger charge is -2.21. The molecular weight excluding hydrogens is 150 g/mol. The molecule has 0 spiro atoms. The van der Waals surface area contributed by atoms with Gasteiger partial charge in [0.25, 0.3) is 0 Å². The molecule has 3 atom stereocenters. The van der Waals surface area contributed by atoms with Crippen LogP contribution in [0.5, 0.6) is 0 Å². The molecule has 0 fully saturated rings. The van der Waals surface area contributed by atoms with Crippen LogP contribution in [0.15, 0.2) is 5.16 Å². The van der Waals surface area contributed by atoms with Crippen molar-refractivity contribution in [3.63, 3.8) is 0 Å². The molecule has 4 heteroatoms. The zero-order valence-electron chi connectivity index (χ0n) is 6.33. The van der Waals surface area contributed by atoms with Gasteiger partial charge in [-0.1, -0.05) is 5.16 Å². The molecular formula is C6H11NO2S. The summed E-state index contributed by atoms with van der Waals surface area (Å²) in [5, 5.41) is 4.31. The van der Waals surface area contributed by atoms with Crippen LogP contribution in [0.4, 0.5) is 0 Å². The highest BCUT2D eigenvalue weighted by molar-refractivity contribution is 8.01. The van der Waals surface area contributed by atoms with E-state index in [1.165, 1.54) is 0 Å². The van der Waals surface area contributed by atoms with E-state index in [9.17, 15) is 4.21 Å². The summed E-state index contributed by atoms with van der Waals surface area (Å²) in [5.41, 5.74) is 0. The first-order chi connectivity index (χ1) is 4.63. The molecule has 0 radical (unpaired) electrons. The fourth-order valence-corrected chi connectivity index (χ4v) is 1.78. The highest BCUT2D eigenvalue weighted by Crippen LogP contribution is 2.13. The van der Waals surface area contributed by atoms with Crippen LogP contribution in [0, 0.1) is 0 Å². The Morgan fingerprint density at radius 2 is 2.20 bits per heavy atom. The highest BCUT2D eigenvalue weighted by atomic mass is 32.2. The number of oxime groups is 1. The van der Waals surface area contributed by atoms with E-state index in [0.717, 1.165) is 0 Å². The number of hydrogen-bond acceptors (Lipinski definition) is 3. The molecule has 3 nitrogen and oxygen atoms in total. The van der Waals surface area contributed by atoms with Crippen LogP contribution >= 0.6 is 0 Å². The monoisotopic (exact) mass is 161 g/mol. The van der Waals surface area contributed by atoms with E-state index < -0.39 is 10.8 Å². The van der Waals surface area contributed by atoms with Gasteiger partial charge in [0, 0.05) is 0 Å². The summed E-state index contributed by atoms with van der Waals surface area (Å²) in [4.78, 5) is 4.97. The van der Waals surface area contributed by atoms with Crippen LogP contribution in [-0.2, 0) is 15.6 Å². The standard InChI is InChI=1S/C6H11NO2S/c1-4-5(2)10(8)6(3)7-9-4/h4-5H,1-3H3. The fourth-order valence-electron chi connectivity index (χ4n) is 0.723. The highest BCUT2D eigenvalue weighted by Gasteiger charge is 2.26. The smallest absolute Gasteiger partial charge is 0.141 e. The molecule has 1 aliphatic heterocycles. The second-order valence-corrected chi connectivity index (χ2v) is 4.35. The fraction of sp³-hybridized carbons (Fsp3) is 0.833. The van der Waals surface area contributed by atoms with Gasteiger partial charge in [-0.3, -0.25) is 4.21 Å². The summed E-state index contributed by atoms with van der Waals surface area (Å²) >= 11 is 0. The molecule has 0 N–H and O–H groups in total. The lowest BCUT2D eigenvalue weighted by atomic mass is 10.3. The van der Waals surface area contributed by atoms with Gasteiger partial charge in [0.15, 0.2) is 0 Å². The molecule has 0 saturated heterocycles. The van der Waals surface area contributed by atoms with Gasteiger partial charge in [0.1, 0.15) is 11.1 Å². The second kappa shape index (κ2) is 2.70. The Morgan fingerprint density at radius 3 is 2.70 bits per heavy atom. The Labute approximate surface area is 62.9 Å². The summed E-state index contributed by atoms with van der Waals surface area (Å²) in [6.07, 6.45) is -0.0236. The van der Waals surface area contributed by atoms with E-state index >= 15 is 0 Å². The molecule has 0 saturated carbocycles. The van der Waals surface area contributed by atoms with Crippen LogP contribution in [0.3, 0.4) is 0 Å². The number of nitrogens with zero attached hydrogens (tertiary/aromatic N) is 1. The second-order valence-electron chi connectivity index (χ2n) is 2.42. The zero-order chi connectivity index (χ0) is 7.72. The molecule has 0 aromatic rings. The third-order valence-corrected chi connectivity index (χ3v) is 3.35. The largest absolute Gasteiger partial charge is 0.391 e. The van der Waals surface area contributed by atoms with E-state index in [2.05, 4.69) is 5.16 Å². The molecule has 1 aliphatic rings. The van der Waals surface area contributed by atoms with E-state index in [0.29, 0.717) is 5.04 Å². The Hall–Kier alpha value is -0.380. The van der Waals surface area contributed by atoms with Crippen molar-refractivity contribution in [2.75, 3.05) is 0 Å². The molecule has 0 amide bonds. The van der Waals surface area contributed by atoms with Crippen molar-refractivity contribution in [2.45, 2.75) is 32.1 Å². The minimum Gasteiger partial charge on any atom is -0.391 e. The molecule has 0 aromatic carbocycles. The third kappa shape index (κ3) is 1.21. The predicted octanol–water partition coefficient (Wildman–Crippen LogP) is 0.876. The maximum atomic E-state index is 11.2. The van der Waals surface area contributed by atoms with E-state index in [4.69, 9.17) is 4.84 Å². The minimum atomic E-state index is -0.935. The third-order valence-electron chi connectivity index (χ3n) is 1.64. The van der Waals surface area contributed by atoms with E-state index in [-0.39, 0.29) is 11.4 Å². The normalized spacial score (nSPS) is 40.3. The Kier molecular flexibility index (Phi) is 2.08. The average molecular weight is 161 g/mol. The molecule has 10 heavy (non-hydrogen) atoms. The Balaban J connectivity index is 2.81. The van der Waals surface area contributed by atoms with Gasteiger partial charge >= 0.3 is 0 Å². The average Bonchev–Trinajstić information content (AvgIpc) is 1.93. The lowest BCUT2D eigenvalue weighted by Crippen LogP contribution is -2.33. The van der Waals surface area contributed by atoms with Gasteiger partial charge in [0.05, 0.1) is 16.0 Å². The van der Waals surface area contributed by atoms with Gasteiger partial charge in [-0.15, -0.1) is 0 Å². The van der Waals surface area contributed by atoms with Crippen LogP contribution in [0.2, 0.25) is 0 Å². The van der Waals surface area contributed by atoms with Crippen molar-refractivity contribution < 1.29 is 9.05 Å². The van der Waals surface area contributed by atoms with Crippen LogP contribution in [0.1, 0.15) is 20.8 Å². The first kappa shape index (κ1) is 7.72. The van der Waals surface area contributed by atoms with Gasteiger partial charge in [-0.25, -0.2) is 0 Å². The van der Waals surface area contributed by atoms with Crippen molar-refractivity contribution >= 4 is 15.8 Å². The lowest BCUT2D eigenvalue weighted by molar-refractivity contribution is 0.0702. The molecule has 0 aliphatic carbocycles. The van der Waals surface area contributed by atoms with Crippen LogP contribution in [0.25, 0.3) is 0 Å². The summed E-state index contributed by atoms with van der Waals surface area (Å²) < 4.78 is 11.2. The Bertz CT molecular complexity index is 190. The van der Waals surface area contributed by atoms with Crippen molar-refractivity contribution in [3.05, 3.63) is 0 Å². The molecule has 0 bridgehead atoms. The van der Waals surface area contributed by atoms with E-state index in [1.807, 2.05) is 13.8 Å². The van der Waals surface area contributed by atoms with Gasteiger partial charge in [0.2, 0.25) is 0 Å². The van der Waals surface area contributed by atoms with Crippen molar-refractivity contribution in [1.29, 1.82) is 0 Å². The zero-order valence-corrected chi connectivity index (χ0v) is 7.14. The van der Waals surface area contributed by atoms with Crippen molar-refractivity contribution in [1.82, 2.24) is 0 Å². The summed E-state index contributed by atoms with van der Waals surface area (Å²) in [5.74, 6) is 0. The van der Waals surface area contributed by atoms with E-state index in [1.54, 1.807) is 6.92 Å². The van der Waals surface area contributed by atoms with Crippen LogP contribution in [-0.4, -0.2) is 20.6 Å². The molecule has 1 rings (SSSR count). The quantitative estimate of drug-likeness (QED) is 0.529. The van der Waals surface area contributed by atoms with Crippen LogP contribution < -0.4 is 0 Å². The summed E-state index contributed by atoms with van der Waals surface area (Å²) in [7, 11) is -0.935. The maximum absolute atomic E-state index is 11.2. The van der Waals surface area contributed by atoms with Gasteiger partial charge < -0.3 is 4.84 Å². The van der Waals surface area contributed by atoms with Gasteiger partial charge in [-0.05, 0) is 20.8 Å². The maximum Gasteiger partial charge on any atom is 0.141 e. The molecule has 3 unspecified atom stereocenters. The molecule has 0 aromatic heterocycles. The first-order valence-electron chi connectivity index (χ1n) is 3.24. The summed E-state index contributed by atoms with van der Waals surface area (Å²) in [6, 6.07) is 0. The van der Waals surface area contributed by atoms with Crippen molar-refractivity contribution in [2.24, 2.45) is 5.16 Å². The molecule has 1 heterocycles. The Morgan fingerprint density at radius 1 is 1.60 bits per heavy atom. The summed E-state index contributed by atoms with van der Waals surface area (Å²) in [6.45, 7) is 5.50. The minimum absolute atomic E-state index is 0.0236. The topological polar surface area (TPSA) is 38.7 Å². The number of hydrogen-bond donors (Lipinski definition) is 0. The molecule has 58 valence electrons. The SMILES string of the molecule is CC1=NOC(C)C(C)S1=O. The number of rotatable bonds is 0. The predicted molar refractivity (Wildman–Crippen MR) is 41.3 cm³/mol.